The molecule has 1 aromatic heterocycles. The van der Waals surface area contributed by atoms with E-state index in [1.54, 1.807) is 39.0 Å². The molecule has 0 spiro atoms. The molecular formula is C17H20N2O5S. The topological polar surface area (TPSA) is 98.0 Å². The van der Waals surface area contributed by atoms with E-state index in [9.17, 15) is 13.2 Å². The van der Waals surface area contributed by atoms with Crippen LogP contribution in [0.15, 0.2) is 44.9 Å². The highest BCUT2D eigenvalue weighted by atomic mass is 32.2. The fraction of sp³-hybridized carbons (Fsp3) is 0.294. The standard InChI is InChI=1S/C17H20N2O5S/c1-5-23-17(20)15(14-7-6-8-24-14)18-19-25(21,22)16-12(3)9-11(2)10-13(16)4/h6-10,19H,5H2,1-4H3/b18-15-. The first-order valence-corrected chi connectivity index (χ1v) is 9.13. The van der Waals surface area contributed by atoms with Crippen molar-refractivity contribution in [3.05, 3.63) is 53.0 Å². The second kappa shape index (κ2) is 7.52. The largest absolute Gasteiger partial charge is 0.462 e. The Kier molecular flexibility index (Phi) is 5.63. The molecule has 1 N–H and O–H groups in total. The molecule has 0 bridgehead atoms. The third kappa shape index (κ3) is 4.27. The molecule has 8 heteroatoms. The lowest BCUT2D eigenvalue weighted by Crippen LogP contribution is -2.26. The fourth-order valence-corrected chi connectivity index (χ4v) is 3.82. The first-order valence-electron chi connectivity index (χ1n) is 7.64. The molecule has 0 amide bonds. The molecule has 25 heavy (non-hydrogen) atoms. The molecule has 0 aliphatic carbocycles. The number of benzene rings is 1. The number of ether oxygens (including phenoxy) is 1. The zero-order chi connectivity index (χ0) is 18.6. The number of hydrogen-bond donors (Lipinski definition) is 1. The van der Waals surface area contributed by atoms with Gasteiger partial charge in [-0.25, -0.2) is 4.79 Å². The van der Waals surface area contributed by atoms with Crippen LogP contribution in [0.4, 0.5) is 0 Å². The Hall–Kier alpha value is -2.61. The molecule has 0 aliphatic heterocycles. The van der Waals surface area contributed by atoms with Crippen molar-refractivity contribution in [1.29, 1.82) is 0 Å². The van der Waals surface area contributed by atoms with Gasteiger partial charge in [-0.3, -0.25) is 0 Å². The molecule has 134 valence electrons. The Balaban J connectivity index is 2.41. The number of nitrogens with one attached hydrogen (secondary N) is 1. The molecule has 0 unspecified atom stereocenters. The van der Waals surface area contributed by atoms with Crippen molar-refractivity contribution in [2.24, 2.45) is 5.10 Å². The molecule has 0 saturated heterocycles. The average Bonchev–Trinajstić information content (AvgIpc) is 3.00. The third-order valence-corrected chi connectivity index (χ3v) is 4.89. The zero-order valence-corrected chi connectivity index (χ0v) is 15.3. The van der Waals surface area contributed by atoms with Gasteiger partial charge in [0.1, 0.15) is 0 Å². The van der Waals surface area contributed by atoms with E-state index in [2.05, 4.69) is 9.93 Å². The molecule has 0 saturated carbocycles. The number of carbonyl (C=O) groups excluding carboxylic acids is 1. The molecule has 1 heterocycles. The Morgan fingerprint density at radius 3 is 2.40 bits per heavy atom. The number of aryl methyl sites for hydroxylation is 3. The van der Waals surface area contributed by atoms with Crippen LogP contribution in [0.2, 0.25) is 0 Å². The molecular weight excluding hydrogens is 344 g/mol. The maximum atomic E-state index is 12.6. The van der Waals surface area contributed by atoms with Crippen molar-refractivity contribution in [2.75, 3.05) is 6.61 Å². The van der Waals surface area contributed by atoms with E-state index in [1.807, 2.05) is 6.92 Å². The summed E-state index contributed by atoms with van der Waals surface area (Å²) in [4.78, 5) is 14.3. The Morgan fingerprint density at radius 1 is 1.24 bits per heavy atom. The van der Waals surface area contributed by atoms with Gasteiger partial charge in [0.2, 0.25) is 5.71 Å². The van der Waals surface area contributed by atoms with Crippen LogP contribution in [0.1, 0.15) is 29.4 Å². The monoisotopic (exact) mass is 364 g/mol. The highest BCUT2D eigenvalue weighted by molar-refractivity contribution is 7.89. The highest BCUT2D eigenvalue weighted by Gasteiger charge is 2.23. The van der Waals surface area contributed by atoms with Gasteiger partial charge in [0.15, 0.2) is 5.76 Å². The number of rotatable bonds is 6. The zero-order valence-electron chi connectivity index (χ0n) is 14.5. The van der Waals surface area contributed by atoms with E-state index in [0.29, 0.717) is 11.1 Å². The summed E-state index contributed by atoms with van der Waals surface area (Å²) in [5.41, 5.74) is 1.89. The van der Waals surface area contributed by atoms with Gasteiger partial charge in [0, 0.05) is 0 Å². The minimum Gasteiger partial charge on any atom is -0.462 e. The molecule has 0 fully saturated rings. The van der Waals surface area contributed by atoms with Crippen LogP contribution in [0, 0.1) is 20.8 Å². The van der Waals surface area contributed by atoms with Crippen molar-refractivity contribution in [1.82, 2.24) is 4.83 Å². The van der Waals surface area contributed by atoms with Gasteiger partial charge < -0.3 is 9.15 Å². The number of carbonyl (C=O) groups is 1. The van der Waals surface area contributed by atoms with Gasteiger partial charge in [0.05, 0.1) is 17.8 Å². The molecule has 0 atom stereocenters. The first kappa shape index (κ1) is 18.7. The molecule has 1 aromatic carbocycles. The predicted octanol–water partition coefficient (Wildman–Crippen LogP) is 2.45. The summed E-state index contributed by atoms with van der Waals surface area (Å²) in [6, 6.07) is 6.59. The van der Waals surface area contributed by atoms with Crippen LogP contribution in [0.25, 0.3) is 0 Å². The average molecular weight is 364 g/mol. The normalized spacial score (nSPS) is 12.1. The summed E-state index contributed by atoms with van der Waals surface area (Å²) in [7, 11) is -3.96. The summed E-state index contributed by atoms with van der Waals surface area (Å²) in [5, 5.41) is 3.75. The fourth-order valence-electron chi connectivity index (χ4n) is 2.56. The summed E-state index contributed by atoms with van der Waals surface area (Å²) in [6.45, 7) is 7.06. The number of hydrogen-bond acceptors (Lipinski definition) is 6. The Morgan fingerprint density at radius 2 is 1.88 bits per heavy atom. The van der Waals surface area contributed by atoms with Gasteiger partial charge in [-0.15, -0.1) is 0 Å². The van der Waals surface area contributed by atoms with Crippen LogP contribution in [-0.2, 0) is 19.6 Å². The summed E-state index contributed by atoms with van der Waals surface area (Å²) < 4.78 is 35.3. The van der Waals surface area contributed by atoms with Crippen LogP contribution in [-0.4, -0.2) is 26.7 Å². The SMILES string of the molecule is CCOC(=O)/C(=N\NS(=O)(=O)c1c(C)cc(C)cc1C)c1ccco1. The van der Waals surface area contributed by atoms with Gasteiger partial charge >= 0.3 is 5.97 Å². The second-order valence-electron chi connectivity index (χ2n) is 5.48. The molecule has 0 radical (unpaired) electrons. The predicted molar refractivity (Wildman–Crippen MR) is 92.9 cm³/mol. The highest BCUT2D eigenvalue weighted by Crippen LogP contribution is 2.21. The number of esters is 1. The van der Waals surface area contributed by atoms with Crippen LogP contribution in [0.3, 0.4) is 0 Å². The van der Waals surface area contributed by atoms with E-state index in [0.717, 1.165) is 5.56 Å². The van der Waals surface area contributed by atoms with E-state index >= 15 is 0 Å². The van der Waals surface area contributed by atoms with E-state index in [4.69, 9.17) is 9.15 Å². The number of sulfonamides is 1. The minimum absolute atomic E-state index is 0.110. The van der Waals surface area contributed by atoms with Gasteiger partial charge in [-0.05, 0) is 51.0 Å². The molecule has 2 aromatic rings. The van der Waals surface area contributed by atoms with E-state index in [-0.39, 0.29) is 23.0 Å². The molecule has 7 nitrogen and oxygen atoms in total. The second-order valence-corrected chi connectivity index (χ2v) is 7.08. The maximum absolute atomic E-state index is 12.6. The van der Waals surface area contributed by atoms with Crippen LogP contribution < -0.4 is 4.83 Å². The van der Waals surface area contributed by atoms with Gasteiger partial charge in [0.25, 0.3) is 10.0 Å². The number of furan rings is 1. The lowest BCUT2D eigenvalue weighted by atomic mass is 10.1. The third-order valence-electron chi connectivity index (χ3n) is 3.37. The van der Waals surface area contributed by atoms with Crippen molar-refractivity contribution in [2.45, 2.75) is 32.6 Å². The first-order chi connectivity index (χ1) is 11.8. The minimum atomic E-state index is -3.96. The van der Waals surface area contributed by atoms with Crippen LogP contribution >= 0.6 is 0 Å². The van der Waals surface area contributed by atoms with Crippen molar-refractivity contribution in [3.8, 4) is 0 Å². The summed E-state index contributed by atoms with van der Waals surface area (Å²) in [6.07, 6.45) is 1.35. The van der Waals surface area contributed by atoms with Crippen molar-refractivity contribution < 1.29 is 22.4 Å². The number of nitrogens with zero attached hydrogens (tertiary/aromatic N) is 1. The van der Waals surface area contributed by atoms with E-state index < -0.39 is 16.0 Å². The smallest absolute Gasteiger partial charge is 0.362 e. The lowest BCUT2D eigenvalue weighted by molar-refractivity contribution is -0.135. The summed E-state index contributed by atoms with van der Waals surface area (Å²) in [5.74, 6) is -0.670. The molecule has 0 aliphatic rings. The van der Waals surface area contributed by atoms with Crippen LogP contribution in [0.5, 0.6) is 0 Å². The Bertz CT molecular complexity index is 876. The summed E-state index contributed by atoms with van der Waals surface area (Å²) >= 11 is 0. The lowest BCUT2D eigenvalue weighted by Gasteiger charge is -2.12. The van der Waals surface area contributed by atoms with Gasteiger partial charge in [-0.2, -0.15) is 18.4 Å². The maximum Gasteiger partial charge on any atom is 0.362 e. The molecule has 2 rings (SSSR count). The van der Waals surface area contributed by atoms with Crippen molar-refractivity contribution in [3.63, 3.8) is 0 Å². The quantitative estimate of drug-likeness (QED) is 0.482. The van der Waals surface area contributed by atoms with E-state index in [1.165, 1.54) is 12.3 Å². The Labute approximate surface area is 146 Å². The van der Waals surface area contributed by atoms with Gasteiger partial charge in [-0.1, -0.05) is 17.7 Å². The van der Waals surface area contributed by atoms with Crippen molar-refractivity contribution >= 4 is 21.7 Å². The number of hydrazone groups is 1.